The van der Waals surface area contributed by atoms with E-state index in [1.54, 1.807) is 0 Å². The monoisotopic (exact) mass is 225 g/mol. The third-order valence-electron chi connectivity index (χ3n) is 2.05. The number of hydrogen-bond donors (Lipinski definition) is 0. The predicted molar refractivity (Wildman–Crippen MR) is 56.0 cm³/mol. The number of benzene rings is 1. The molecular formula is C11H9F2NS. The van der Waals surface area contributed by atoms with E-state index in [4.69, 9.17) is 0 Å². The van der Waals surface area contributed by atoms with Crippen LogP contribution in [0.15, 0.2) is 23.6 Å². The van der Waals surface area contributed by atoms with Gasteiger partial charge in [-0.2, -0.15) is 0 Å². The Hall–Kier alpha value is -1.29. The Kier molecular flexibility index (Phi) is 2.77. The molecule has 0 unspecified atom stereocenters. The number of aryl methyl sites for hydroxylation is 1. The summed E-state index contributed by atoms with van der Waals surface area (Å²) in [7, 11) is 0. The fraction of sp³-hybridized carbons (Fsp3) is 0.182. The van der Waals surface area contributed by atoms with Gasteiger partial charge in [-0.3, -0.25) is 0 Å². The average Bonchev–Trinajstić information content (AvgIpc) is 2.56. The van der Waals surface area contributed by atoms with E-state index in [9.17, 15) is 8.78 Å². The first kappa shape index (κ1) is 10.2. The van der Waals surface area contributed by atoms with Crippen LogP contribution in [0.5, 0.6) is 0 Å². The van der Waals surface area contributed by atoms with Crippen LogP contribution in [0.2, 0.25) is 0 Å². The highest BCUT2D eigenvalue weighted by atomic mass is 32.1. The lowest BCUT2D eigenvalue weighted by Crippen LogP contribution is -1.93. The van der Waals surface area contributed by atoms with Crippen LogP contribution < -0.4 is 0 Å². The molecule has 1 aromatic heterocycles. The van der Waals surface area contributed by atoms with Crippen molar-refractivity contribution in [3.8, 4) is 0 Å². The van der Waals surface area contributed by atoms with Crippen molar-refractivity contribution in [2.45, 2.75) is 13.3 Å². The van der Waals surface area contributed by atoms with E-state index in [0.29, 0.717) is 12.0 Å². The number of rotatable bonds is 2. The fourth-order valence-electron chi connectivity index (χ4n) is 1.35. The Morgan fingerprint density at radius 2 is 2.13 bits per heavy atom. The van der Waals surface area contributed by atoms with Crippen LogP contribution >= 0.6 is 11.3 Å². The van der Waals surface area contributed by atoms with Crippen LogP contribution in [-0.4, -0.2) is 4.98 Å². The van der Waals surface area contributed by atoms with Gasteiger partial charge in [0.1, 0.15) is 11.6 Å². The second kappa shape index (κ2) is 4.06. The van der Waals surface area contributed by atoms with Gasteiger partial charge in [-0.05, 0) is 18.6 Å². The highest BCUT2D eigenvalue weighted by Gasteiger charge is 2.06. The zero-order valence-electron chi connectivity index (χ0n) is 8.13. The zero-order chi connectivity index (χ0) is 10.8. The van der Waals surface area contributed by atoms with Gasteiger partial charge in [0.15, 0.2) is 0 Å². The molecule has 0 atom stereocenters. The van der Waals surface area contributed by atoms with Gasteiger partial charge in [-0.1, -0.05) is 6.07 Å². The van der Waals surface area contributed by atoms with Gasteiger partial charge in [0.25, 0.3) is 0 Å². The number of aromatic nitrogens is 1. The quantitative estimate of drug-likeness (QED) is 0.764. The van der Waals surface area contributed by atoms with Gasteiger partial charge >= 0.3 is 0 Å². The van der Waals surface area contributed by atoms with Crippen molar-refractivity contribution < 1.29 is 8.78 Å². The standard InChI is InChI=1S/C11H9F2NS/c1-7-14-10(6-15-7)4-8-2-3-9(12)5-11(8)13/h2-3,5-6H,4H2,1H3. The molecule has 78 valence electrons. The van der Waals surface area contributed by atoms with Crippen molar-refractivity contribution in [2.75, 3.05) is 0 Å². The molecule has 0 aliphatic rings. The molecule has 15 heavy (non-hydrogen) atoms. The minimum atomic E-state index is -0.550. The molecular weight excluding hydrogens is 216 g/mol. The SMILES string of the molecule is Cc1nc(Cc2ccc(F)cc2F)cs1. The van der Waals surface area contributed by atoms with Crippen molar-refractivity contribution in [1.29, 1.82) is 0 Å². The van der Waals surface area contributed by atoms with Crippen molar-refractivity contribution in [3.05, 3.63) is 51.5 Å². The van der Waals surface area contributed by atoms with E-state index >= 15 is 0 Å². The summed E-state index contributed by atoms with van der Waals surface area (Å²) in [6.45, 7) is 1.90. The van der Waals surface area contributed by atoms with Gasteiger partial charge in [0, 0.05) is 17.9 Å². The van der Waals surface area contributed by atoms with E-state index in [-0.39, 0.29) is 0 Å². The average molecular weight is 225 g/mol. The topological polar surface area (TPSA) is 12.9 Å². The summed E-state index contributed by atoms with van der Waals surface area (Å²) in [6.07, 6.45) is 0.413. The molecule has 4 heteroatoms. The van der Waals surface area contributed by atoms with Gasteiger partial charge in [-0.15, -0.1) is 11.3 Å². The lowest BCUT2D eigenvalue weighted by Gasteiger charge is -2.00. The van der Waals surface area contributed by atoms with Crippen LogP contribution in [0.25, 0.3) is 0 Å². The summed E-state index contributed by atoms with van der Waals surface area (Å²) in [5.41, 5.74) is 1.30. The lowest BCUT2D eigenvalue weighted by atomic mass is 10.1. The van der Waals surface area contributed by atoms with Crippen molar-refractivity contribution in [2.24, 2.45) is 0 Å². The molecule has 1 aromatic carbocycles. The minimum Gasteiger partial charge on any atom is -0.246 e. The van der Waals surface area contributed by atoms with Crippen molar-refractivity contribution >= 4 is 11.3 Å². The second-order valence-electron chi connectivity index (χ2n) is 3.27. The molecule has 0 bridgehead atoms. The molecule has 2 rings (SSSR count). The Morgan fingerprint density at radius 1 is 1.33 bits per heavy atom. The number of halogens is 2. The highest BCUT2D eigenvalue weighted by Crippen LogP contribution is 2.16. The van der Waals surface area contributed by atoms with Crippen molar-refractivity contribution in [3.63, 3.8) is 0 Å². The van der Waals surface area contributed by atoms with Gasteiger partial charge in [0.2, 0.25) is 0 Å². The predicted octanol–water partition coefficient (Wildman–Crippen LogP) is 3.32. The van der Waals surface area contributed by atoms with E-state index in [0.717, 1.165) is 16.8 Å². The highest BCUT2D eigenvalue weighted by molar-refractivity contribution is 7.09. The molecule has 1 heterocycles. The number of hydrogen-bond acceptors (Lipinski definition) is 2. The van der Waals surface area contributed by atoms with E-state index < -0.39 is 11.6 Å². The first-order valence-electron chi connectivity index (χ1n) is 4.50. The summed E-state index contributed by atoms with van der Waals surface area (Å²) in [5.74, 6) is -1.06. The summed E-state index contributed by atoms with van der Waals surface area (Å²) in [4.78, 5) is 4.23. The molecule has 0 fully saturated rings. The van der Waals surface area contributed by atoms with Gasteiger partial charge in [-0.25, -0.2) is 13.8 Å². The molecule has 0 amide bonds. The molecule has 0 spiro atoms. The van der Waals surface area contributed by atoms with Crippen LogP contribution in [-0.2, 0) is 6.42 Å². The first-order chi connectivity index (χ1) is 7.15. The molecule has 0 saturated heterocycles. The normalized spacial score (nSPS) is 10.6. The lowest BCUT2D eigenvalue weighted by molar-refractivity contribution is 0.574. The molecule has 1 nitrogen and oxygen atoms in total. The first-order valence-corrected chi connectivity index (χ1v) is 5.38. The Labute approximate surface area is 90.4 Å². The third kappa shape index (κ3) is 2.39. The Balaban J connectivity index is 2.24. The molecule has 2 aromatic rings. The number of thiazole rings is 1. The molecule has 0 saturated carbocycles. The third-order valence-corrected chi connectivity index (χ3v) is 2.88. The van der Waals surface area contributed by atoms with Crippen LogP contribution in [0.3, 0.4) is 0 Å². The summed E-state index contributed by atoms with van der Waals surface area (Å²) in [6, 6.07) is 3.62. The summed E-state index contributed by atoms with van der Waals surface area (Å²) < 4.78 is 25.9. The molecule has 0 N–H and O–H groups in total. The summed E-state index contributed by atoms with van der Waals surface area (Å²) >= 11 is 1.53. The maximum Gasteiger partial charge on any atom is 0.129 e. The van der Waals surface area contributed by atoms with Crippen molar-refractivity contribution in [1.82, 2.24) is 4.98 Å². The summed E-state index contributed by atoms with van der Waals surface area (Å²) in [5, 5.41) is 2.84. The maximum atomic E-state index is 13.3. The molecule has 0 aliphatic carbocycles. The largest absolute Gasteiger partial charge is 0.246 e. The molecule has 0 radical (unpaired) electrons. The van der Waals surface area contributed by atoms with Gasteiger partial charge in [0.05, 0.1) is 10.7 Å². The van der Waals surface area contributed by atoms with E-state index in [1.807, 2.05) is 12.3 Å². The van der Waals surface area contributed by atoms with Gasteiger partial charge < -0.3 is 0 Å². The van der Waals surface area contributed by atoms with E-state index in [2.05, 4.69) is 4.98 Å². The van der Waals surface area contributed by atoms with E-state index in [1.165, 1.54) is 23.5 Å². The van der Waals surface area contributed by atoms with Crippen LogP contribution in [0.4, 0.5) is 8.78 Å². The van der Waals surface area contributed by atoms with Crippen LogP contribution in [0, 0.1) is 18.6 Å². The van der Waals surface area contributed by atoms with Crippen LogP contribution in [0.1, 0.15) is 16.3 Å². The zero-order valence-corrected chi connectivity index (χ0v) is 8.94. The fourth-order valence-corrected chi connectivity index (χ4v) is 1.96. The smallest absolute Gasteiger partial charge is 0.129 e. The maximum absolute atomic E-state index is 13.3. The Bertz CT molecular complexity index is 479. The minimum absolute atomic E-state index is 0.413. The molecule has 0 aliphatic heterocycles. The number of nitrogens with zero attached hydrogens (tertiary/aromatic N) is 1. The Morgan fingerprint density at radius 3 is 2.73 bits per heavy atom. The second-order valence-corrected chi connectivity index (χ2v) is 4.33.